The number of carbonyl (C=O) groups excluding carboxylic acids is 3. The summed E-state index contributed by atoms with van der Waals surface area (Å²) in [6.07, 6.45) is 3.26. The largest absolute Gasteiger partial charge is 0.456 e. The third-order valence-electron chi connectivity index (χ3n) is 5.15. The topological polar surface area (TPSA) is 63.7 Å². The number of Topliss-reactive ketones (excluding diaryl/α,β-unsaturated/α-hetero) is 1. The maximum absolute atomic E-state index is 12.5. The summed E-state index contributed by atoms with van der Waals surface area (Å²) >= 11 is 0. The van der Waals surface area contributed by atoms with E-state index in [-0.39, 0.29) is 37.2 Å². The van der Waals surface area contributed by atoms with Crippen molar-refractivity contribution >= 4 is 23.3 Å². The van der Waals surface area contributed by atoms with Gasteiger partial charge in [-0.3, -0.25) is 14.4 Å². The van der Waals surface area contributed by atoms with E-state index in [1.54, 1.807) is 4.90 Å². The molecule has 5 nitrogen and oxygen atoms in total. The lowest BCUT2D eigenvalue weighted by molar-refractivity contribution is -0.147. The minimum absolute atomic E-state index is 0.0315. The summed E-state index contributed by atoms with van der Waals surface area (Å²) in [6, 6.07) is 15.0. The highest BCUT2D eigenvalue weighted by Crippen LogP contribution is 2.23. The number of hydrogen-bond acceptors (Lipinski definition) is 4. The fraction of sp³-hybridized carbons (Fsp3) is 0.375. The number of carbonyl (C=O) groups is 3. The number of ether oxygens (including phenoxy) is 1. The fourth-order valence-corrected chi connectivity index (χ4v) is 3.71. The maximum atomic E-state index is 12.5. The van der Waals surface area contributed by atoms with Gasteiger partial charge in [0.1, 0.15) is 0 Å². The molecule has 0 bridgehead atoms. The van der Waals surface area contributed by atoms with Gasteiger partial charge in [0.2, 0.25) is 0 Å². The highest BCUT2D eigenvalue weighted by atomic mass is 16.5. The predicted molar refractivity (Wildman–Crippen MR) is 112 cm³/mol. The molecule has 0 saturated heterocycles. The normalized spacial score (nSPS) is 12.5. The Morgan fingerprint density at radius 2 is 1.69 bits per heavy atom. The van der Waals surface area contributed by atoms with E-state index >= 15 is 0 Å². The van der Waals surface area contributed by atoms with Gasteiger partial charge in [-0.05, 0) is 62.4 Å². The zero-order chi connectivity index (χ0) is 20.8. The summed E-state index contributed by atoms with van der Waals surface area (Å²) in [5.41, 5.74) is 3.95. The van der Waals surface area contributed by atoms with Gasteiger partial charge in [0.15, 0.2) is 12.4 Å². The molecule has 2 aromatic rings. The lowest BCUT2D eigenvalue weighted by Gasteiger charge is -2.26. The first-order valence-corrected chi connectivity index (χ1v) is 10.1. The summed E-state index contributed by atoms with van der Waals surface area (Å²) in [4.78, 5) is 38.6. The Morgan fingerprint density at radius 3 is 2.41 bits per heavy atom. The fourth-order valence-electron chi connectivity index (χ4n) is 3.71. The van der Waals surface area contributed by atoms with Gasteiger partial charge in [0.05, 0.1) is 6.42 Å². The second-order valence-electron chi connectivity index (χ2n) is 7.61. The Balaban J connectivity index is 1.49. The Morgan fingerprint density at radius 1 is 0.966 bits per heavy atom. The summed E-state index contributed by atoms with van der Waals surface area (Å²) in [7, 11) is 0. The second kappa shape index (κ2) is 9.50. The second-order valence-corrected chi connectivity index (χ2v) is 7.61. The van der Waals surface area contributed by atoms with Gasteiger partial charge in [-0.25, -0.2) is 0 Å². The molecule has 0 heterocycles. The summed E-state index contributed by atoms with van der Waals surface area (Å²) in [5, 5.41) is 0. The molecule has 2 aromatic carbocycles. The Hall–Kier alpha value is -2.95. The van der Waals surface area contributed by atoms with Crippen molar-refractivity contribution in [3.63, 3.8) is 0 Å². The standard InChI is InChI=1S/C24H27NO4/c1-17(2)25(21-9-4-3-5-10-21)23(27)16-29-24(28)14-13-22(26)20-12-11-18-7-6-8-19(18)15-20/h3-5,9-12,15,17H,6-8,13-14,16H2,1-2H3. The average molecular weight is 393 g/mol. The molecule has 152 valence electrons. The van der Waals surface area contributed by atoms with Crippen LogP contribution in [-0.4, -0.2) is 30.3 Å². The highest BCUT2D eigenvalue weighted by Gasteiger charge is 2.21. The average Bonchev–Trinajstić information content (AvgIpc) is 3.19. The molecule has 0 unspecified atom stereocenters. The van der Waals surface area contributed by atoms with Crippen molar-refractivity contribution in [2.24, 2.45) is 0 Å². The Labute approximate surface area is 171 Å². The monoisotopic (exact) mass is 393 g/mol. The Bertz CT molecular complexity index is 889. The van der Waals surface area contributed by atoms with Crippen LogP contribution in [-0.2, 0) is 27.2 Å². The smallest absolute Gasteiger partial charge is 0.306 e. The van der Waals surface area contributed by atoms with E-state index < -0.39 is 5.97 Å². The number of rotatable bonds is 8. The van der Waals surface area contributed by atoms with Crippen LogP contribution in [0.1, 0.15) is 54.6 Å². The quantitative estimate of drug-likeness (QED) is 0.500. The number of benzene rings is 2. The number of fused-ring (bicyclic) bond motifs is 1. The molecule has 3 rings (SSSR count). The van der Waals surface area contributed by atoms with E-state index in [1.165, 1.54) is 11.1 Å². The van der Waals surface area contributed by atoms with Crippen LogP contribution in [0.2, 0.25) is 0 Å². The molecular weight excluding hydrogens is 366 g/mol. The van der Waals surface area contributed by atoms with E-state index in [1.807, 2.05) is 62.4 Å². The van der Waals surface area contributed by atoms with Crippen LogP contribution < -0.4 is 4.90 Å². The molecule has 5 heteroatoms. The van der Waals surface area contributed by atoms with Crippen LogP contribution >= 0.6 is 0 Å². The lowest BCUT2D eigenvalue weighted by atomic mass is 10.0. The van der Waals surface area contributed by atoms with E-state index in [0.717, 1.165) is 24.9 Å². The van der Waals surface area contributed by atoms with Gasteiger partial charge in [-0.1, -0.05) is 30.3 Å². The molecule has 1 aliphatic rings. The van der Waals surface area contributed by atoms with E-state index in [2.05, 4.69) is 0 Å². The minimum atomic E-state index is -0.537. The first kappa shape index (κ1) is 20.8. The van der Waals surface area contributed by atoms with Crippen molar-refractivity contribution < 1.29 is 19.1 Å². The van der Waals surface area contributed by atoms with Gasteiger partial charge < -0.3 is 9.64 Å². The number of amides is 1. The predicted octanol–water partition coefficient (Wildman–Crippen LogP) is 4.12. The highest BCUT2D eigenvalue weighted by molar-refractivity contribution is 5.98. The summed E-state index contributed by atoms with van der Waals surface area (Å²) in [6.45, 7) is 3.48. The number of esters is 1. The number of nitrogens with zero attached hydrogens (tertiary/aromatic N) is 1. The van der Waals surface area contributed by atoms with Crippen LogP contribution in [0.25, 0.3) is 0 Å². The zero-order valence-electron chi connectivity index (χ0n) is 17.0. The van der Waals surface area contributed by atoms with E-state index in [4.69, 9.17) is 4.74 Å². The molecule has 1 aliphatic carbocycles. The van der Waals surface area contributed by atoms with Gasteiger partial charge in [0, 0.05) is 23.7 Å². The van der Waals surface area contributed by atoms with Gasteiger partial charge in [-0.2, -0.15) is 0 Å². The third kappa shape index (κ3) is 5.31. The van der Waals surface area contributed by atoms with E-state index in [9.17, 15) is 14.4 Å². The zero-order valence-corrected chi connectivity index (χ0v) is 17.0. The van der Waals surface area contributed by atoms with Crippen molar-refractivity contribution in [3.05, 3.63) is 65.2 Å². The molecule has 0 N–H and O–H groups in total. The number of ketones is 1. The van der Waals surface area contributed by atoms with Crippen molar-refractivity contribution in [2.45, 2.75) is 52.0 Å². The number of hydrogen-bond donors (Lipinski definition) is 0. The van der Waals surface area contributed by atoms with Crippen molar-refractivity contribution in [2.75, 3.05) is 11.5 Å². The molecule has 0 fully saturated rings. The van der Waals surface area contributed by atoms with E-state index in [0.29, 0.717) is 5.56 Å². The van der Waals surface area contributed by atoms with Crippen LogP contribution in [0.5, 0.6) is 0 Å². The van der Waals surface area contributed by atoms with Crippen molar-refractivity contribution in [3.8, 4) is 0 Å². The molecule has 0 spiro atoms. The molecule has 29 heavy (non-hydrogen) atoms. The number of anilines is 1. The lowest BCUT2D eigenvalue weighted by Crippen LogP contribution is -2.39. The third-order valence-corrected chi connectivity index (χ3v) is 5.15. The van der Waals surface area contributed by atoms with Crippen LogP contribution in [0.3, 0.4) is 0 Å². The van der Waals surface area contributed by atoms with Crippen LogP contribution in [0.15, 0.2) is 48.5 Å². The molecule has 0 aliphatic heterocycles. The van der Waals surface area contributed by atoms with Gasteiger partial charge >= 0.3 is 5.97 Å². The first-order valence-electron chi connectivity index (χ1n) is 10.1. The number of para-hydroxylation sites is 1. The molecule has 1 amide bonds. The van der Waals surface area contributed by atoms with Crippen LogP contribution in [0.4, 0.5) is 5.69 Å². The molecule has 0 radical (unpaired) electrons. The maximum Gasteiger partial charge on any atom is 0.306 e. The van der Waals surface area contributed by atoms with Gasteiger partial charge in [0.25, 0.3) is 5.91 Å². The molecular formula is C24H27NO4. The minimum Gasteiger partial charge on any atom is -0.456 e. The molecule has 0 saturated carbocycles. The first-order chi connectivity index (χ1) is 14.0. The van der Waals surface area contributed by atoms with Gasteiger partial charge in [-0.15, -0.1) is 0 Å². The van der Waals surface area contributed by atoms with Crippen molar-refractivity contribution in [1.29, 1.82) is 0 Å². The SMILES string of the molecule is CC(C)N(C(=O)COC(=O)CCC(=O)c1ccc2c(c1)CCC2)c1ccccc1. The summed E-state index contributed by atoms with van der Waals surface area (Å²) in [5.74, 6) is -0.898. The molecule has 0 aromatic heterocycles. The Kier molecular flexibility index (Phi) is 6.81. The molecule has 0 atom stereocenters. The number of aryl methyl sites for hydroxylation is 2. The summed E-state index contributed by atoms with van der Waals surface area (Å²) < 4.78 is 5.13. The van der Waals surface area contributed by atoms with Crippen molar-refractivity contribution in [1.82, 2.24) is 0 Å². The van der Waals surface area contributed by atoms with Crippen LogP contribution in [0, 0.1) is 0 Å².